The average Bonchev–Trinajstić information content (AvgIpc) is 2.46. The molecule has 0 aromatic heterocycles. The van der Waals surface area contributed by atoms with Gasteiger partial charge in [-0.1, -0.05) is 28.8 Å². The van der Waals surface area contributed by atoms with Crippen molar-refractivity contribution in [2.24, 2.45) is 5.92 Å². The van der Waals surface area contributed by atoms with Crippen molar-refractivity contribution in [2.75, 3.05) is 11.4 Å². The lowest BCUT2D eigenvalue weighted by molar-refractivity contribution is 0.197. The molecular weight excluding hydrogens is 314 g/mol. The number of piperidine rings is 1. The number of hydrogen-bond donors (Lipinski definition) is 1. The molecule has 0 spiro atoms. The van der Waals surface area contributed by atoms with Crippen molar-refractivity contribution in [3.63, 3.8) is 0 Å². The van der Waals surface area contributed by atoms with Gasteiger partial charge in [-0.05, 0) is 56.7 Å². The highest BCUT2D eigenvalue weighted by Crippen LogP contribution is 2.40. The van der Waals surface area contributed by atoms with Crippen LogP contribution in [0.25, 0.3) is 0 Å². The highest BCUT2D eigenvalue weighted by Gasteiger charge is 2.34. The van der Waals surface area contributed by atoms with E-state index in [1.807, 2.05) is 6.92 Å². The van der Waals surface area contributed by atoms with Gasteiger partial charge in [0.25, 0.3) is 0 Å². The van der Waals surface area contributed by atoms with Gasteiger partial charge in [0.15, 0.2) is 0 Å². The van der Waals surface area contributed by atoms with Crippen LogP contribution >= 0.6 is 15.9 Å². The lowest BCUT2D eigenvalue weighted by Gasteiger charge is -2.46. The molecule has 1 N–H and O–H groups in total. The topological polar surface area (TPSA) is 23.5 Å². The Morgan fingerprint density at radius 2 is 1.95 bits per heavy atom. The maximum atomic E-state index is 10.1. The lowest BCUT2D eigenvalue weighted by Crippen LogP contribution is -2.47. The van der Waals surface area contributed by atoms with Crippen LogP contribution in [0, 0.1) is 5.92 Å². The predicted molar refractivity (Wildman–Crippen MR) is 87.1 cm³/mol. The van der Waals surface area contributed by atoms with Gasteiger partial charge in [0.2, 0.25) is 0 Å². The Balaban J connectivity index is 1.94. The van der Waals surface area contributed by atoms with Crippen LogP contribution in [0.5, 0.6) is 0 Å². The number of aliphatic hydroxyl groups excluding tert-OH is 1. The quantitative estimate of drug-likeness (QED) is 0.848. The summed E-state index contributed by atoms with van der Waals surface area (Å²) < 4.78 is 1.05. The fourth-order valence-electron chi connectivity index (χ4n) is 4.05. The summed E-state index contributed by atoms with van der Waals surface area (Å²) in [5.74, 6) is 0.864. The average molecular weight is 338 g/mol. The predicted octanol–water partition coefficient (Wildman–Crippen LogP) is 4.66. The lowest BCUT2D eigenvalue weighted by atomic mass is 9.78. The first-order chi connectivity index (χ1) is 9.66. The van der Waals surface area contributed by atoms with E-state index in [0.717, 1.165) is 22.5 Å². The van der Waals surface area contributed by atoms with Crippen LogP contribution in [-0.2, 0) is 0 Å². The van der Waals surface area contributed by atoms with Crippen LogP contribution in [0.3, 0.4) is 0 Å². The normalized spacial score (nSPS) is 28.1. The van der Waals surface area contributed by atoms with E-state index >= 15 is 0 Å². The van der Waals surface area contributed by atoms with Crippen LogP contribution < -0.4 is 4.90 Å². The smallest absolute Gasteiger partial charge is 0.0782 e. The van der Waals surface area contributed by atoms with E-state index in [1.165, 1.54) is 44.2 Å². The van der Waals surface area contributed by atoms with E-state index in [1.54, 1.807) is 0 Å². The fourth-order valence-corrected chi connectivity index (χ4v) is 4.42. The van der Waals surface area contributed by atoms with Gasteiger partial charge in [0.05, 0.1) is 6.10 Å². The highest BCUT2D eigenvalue weighted by atomic mass is 79.9. The summed E-state index contributed by atoms with van der Waals surface area (Å²) in [6.07, 6.45) is 7.74. The highest BCUT2D eigenvalue weighted by molar-refractivity contribution is 9.10. The molecule has 1 aromatic carbocycles. The Morgan fingerprint density at radius 3 is 2.75 bits per heavy atom. The molecule has 3 atom stereocenters. The number of rotatable bonds is 2. The minimum absolute atomic E-state index is 0.411. The summed E-state index contributed by atoms with van der Waals surface area (Å²) in [6, 6.07) is 7.06. The van der Waals surface area contributed by atoms with Gasteiger partial charge in [0.1, 0.15) is 0 Å². The Labute approximate surface area is 130 Å². The third-order valence-corrected chi connectivity index (χ3v) is 5.49. The van der Waals surface area contributed by atoms with Crippen LogP contribution in [0.15, 0.2) is 22.7 Å². The van der Waals surface area contributed by atoms with Crippen LogP contribution in [0.2, 0.25) is 0 Å². The maximum absolute atomic E-state index is 10.1. The first kappa shape index (κ1) is 14.4. The van der Waals surface area contributed by atoms with Crippen LogP contribution in [-0.4, -0.2) is 17.7 Å². The van der Waals surface area contributed by atoms with Crippen LogP contribution in [0.1, 0.15) is 57.1 Å². The SMILES string of the molecule is CC(O)c1cc(Br)ccc1N1CCC[C@H]2CCCC[C@H]21. The summed E-state index contributed by atoms with van der Waals surface area (Å²) in [4.78, 5) is 2.59. The molecule has 0 bridgehead atoms. The second-order valence-electron chi connectivity index (χ2n) is 6.33. The summed E-state index contributed by atoms with van der Waals surface area (Å²) in [6.45, 7) is 3.01. The molecule has 1 aromatic rings. The Kier molecular flexibility index (Phi) is 4.37. The monoisotopic (exact) mass is 337 g/mol. The van der Waals surface area contributed by atoms with Crippen molar-refractivity contribution in [1.29, 1.82) is 0 Å². The molecule has 3 rings (SSSR count). The van der Waals surface area contributed by atoms with Gasteiger partial charge < -0.3 is 10.0 Å². The zero-order valence-electron chi connectivity index (χ0n) is 12.2. The van der Waals surface area contributed by atoms with Gasteiger partial charge in [0, 0.05) is 28.3 Å². The largest absolute Gasteiger partial charge is 0.389 e. The zero-order chi connectivity index (χ0) is 14.1. The molecular formula is C17H24BrNO. The number of hydrogen-bond acceptors (Lipinski definition) is 2. The zero-order valence-corrected chi connectivity index (χ0v) is 13.8. The summed E-state index contributed by atoms with van der Waals surface area (Å²) in [7, 11) is 0. The Morgan fingerprint density at radius 1 is 1.20 bits per heavy atom. The Bertz CT molecular complexity index is 472. The standard InChI is InChI=1S/C17H24BrNO/c1-12(20)15-11-14(18)8-9-17(15)19-10-4-6-13-5-2-3-7-16(13)19/h8-9,11-13,16,20H,2-7,10H2,1H3/t12?,13-,16-/m1/s1. The minimum atomic E-state index is -0.411. The molecule has 2 aliphatic rings. The molecule has 1 aliphatic carbocycles. The minimum Gasteiger partial charge on any atom is -0.389 e. The maximum Gasteiger partial charge on any atom is 0.0782 e. The number of benzene rings is 1. The van der Waals surface area contributed by atoms with Crippen molar-refractivity contribution in [1.82, 2.24) is 0 Å². The molecule has 1 saturated heterocycles. The molecule has 3 heteroatoms. The molecule has 1 aliphatic heterocycles. The molecule has 0 amide bonds. The molecule has 1 heterocycles. The molecule has 110 valence electrons. The van der Waals surface area contributed by atoms with E-state index in [0.29, 0.717) is 6.04 Å². The number of aliphatic hydroxyl groups is 1. The van der Waals surface area contributed by atoms with E-state index in [9.17, 15) is 5.11 Å². The van der Waals surface area contributed by atoms with E-state index in [2.05, 4.69) is 39.0 Å². The van der Waals surface area contributed by atoms with E-state index < -0.39 is 6.10 Å². The fraction of sp³-hybridized carbons (Fsp3) is 0.647. The van der Waals surface area contributed by atoms with E-state index in [4.69, 9.17) is 0 Å². The molecule has 1 unspecified atom stereocenters. The third kappa shape index (κ3) is 2.75. The number of halogens is 1. The van der Waals surface area contributed by atoms with Gasteiger partial charge in [-0.2, -0.15) is 0 Å². The van der Waals surface area contributed by atoms with Crippen LogP contribution in [0.4, 0.5) is 5.69 Å². The second-order valence-corrected chi connectivity index (χ2v) is 7.24. The first-order valence-corrected chi connectivity index (χ1v) is 8.70. The molecule has 2 fully saturated rings. The molecule has 20 heavy (non-hydrogen) atoms. The summed E-state index contributed by atoms with van der Waals surface area (Å²) in [5.41, 5.74) is 2.31. The van der Waals surface area contributed by atoms with Gasteiger partial charge in [-0.15, -0.1) is 0 Å². The second kappa shape index (κ2) is 6.07. The van der Waals surface area contributed by atoms with Crippen molar-refractivity contribution < 1.29 is 5.11 Å². The van der Waals surface area contributed by atoms with Crippen molar-refractivity contribution in [3.8, 4) is 0 Å². The first-order valence-electron chi connectivity index (χ1n) is 7.91. The van der Waals surface area contributed by atoms with Crippen molar-refractivity contribution >= 4 is 21.6 Å². The molecule has 0 radical (unpaired) electrons. The number of anilines is 1. The van der Waals surface area contributed by atoms with Gasteiger partial charge in [-0.25, -0.2) is 0 Å². The molecule has 1 saturated carbocycles. The van der Waals surface area contributed by atoms with Crippen molar-refractivity contribution in [3.05, 3.63) is 28.2 Å². The van der Waals surface area contributed by atoms with Gasteiger partial charge in [-0.3, -0.25) is 0 Å². The molecule has 2 nitrogen and oxygen atoms in total. The third-order valence-electron chi connectivity index (χ3n) is 4.99. The summed E-state index contributed by atoms with van der Waals surface area (Å²) in [5, 5.41) is 10.1. The van der Waals surface area contributed by atoms with Crippen molar-refractivity contribution in [2.45, 2.75) is 57.6 Å². The Hall–Kier alpha value is -0.540. The van der Waals surface area contributed by atoms with E-state index in [-0.39, 0.29) is 0 Å². The number of nitrogens with zero attached hydrogens (tertiary/aromatic N) is 1. The summed E-state index contributed by atoms with van der Waals surface area (Å²) >= 11 is 3.53. The number of fused-ring (bicyclic) bond motifs is 1. The van der Waals surface area contributed by atoms with Gasteiger partial charge >= 0.3 is 0 Å².